The third kappa shape index (κ3) is 8.39. The number of aromatic nitrogens is 5. The van der Waals surface area contributed by atoms with E-state index >= 15 is 0 Å². The predicted octanol–water partition coefficient (Wildman–Crippen LogP) is 5.45. The first-order chi connectivity index (χ1) is 24.7. The fourth-order valence-corrected chi connectivity index (χ4v) is 6.36. The third-order valence-electron chi connectivity index (χ3n) is 9.31. The van der Waals surface area contributed by atoms with Crippen LogP contribution in [-0.4, -0.2) is 66.3 Å². The average Bonchev–Trinajstić information content (AvgIpc) is 3.76. The number of nitrogens with one attached hydrogen (secondary N) is 2. The molecule has 3 aromatic carbocycles. The molecule has 0 saturated carbocycles. The van der Waals surface area contributed by atoms with Gasteiger partial charge in [-0.2, -0.15) is 10.2 Å². The second-order valence-corrected chi connectivity index (χ2v) is 13.0. The van der Waals surface area contributed by atoms with Crippen molar-refractivity contribution in [3.63, 3.8) is 0 Å². The van der Waals surface area contributed by atoms with Gasteiger partial charge in [0.15, 0.2) is 0 Å². The largest absolute Gasteiger partial charge is 0.344 e. The molecule has 0 aliphatic carbocycles. The van der Waals surface area contributed by atoms with E-state index in [1.165, 1.54) is 12.1 Å². The number of para-hydroxylation sites is 1. The molecular weight excluding hydrogens is 647 g/mol. The lowest BCUT2D eigenvalue weighted by molar-refractivity contribution is -0.130. The van der Waals surface area contributed by atoms with E-state index in [4.69, 9.17) is 15.2 Å². The number of hydrogen-bond donors (Lipinski definition) is 2. The molecule has 2 aromatic heterocycles. The number of carbonyl (C=O) groups excluding carboxylic acids is 3. The molecule has 5 aromatic rings. The summed E-state index contributed by atoms with van der Waals surface area (Å²) in [6.07, 6.45) is 3.33. The van der Waals surface area contributed by atoms with Crippen molar-refractivity contribution < 1.29 is 18.8 Å². The summed E-state index contributed by atoms with van der Waals surface area (Å²) in [5.74, 6) is -0.234. The van der Waals surface area contributed by atoms with Crippen LogP contribution in [0.4, 0.5) is 4.39 Å². The number of nitrogens with zero attached hydrogens (tertiary/aromatic N) is 6. The second kappa shape index (κ2) is 15.9. The molecule has 264 valence electrons. The van der Waals surface area contributed by atoms with Crippen LogP contribution in [0.3, 0.4) is 0 Å². The lowest BCUT2D eigenvalue weighted by atomic mass is 9.97. The predicted molar refractivity (Wildman–Crippen MR) is 191 cm³/mol. The van der Waals surface area contributed by atoms with Gasteiger partial charge >= 0.3 is 0 Å². The van der Waals surface area contributed by atoms with Gasteiger partial charge in [-0.25, -0.2) is 18.7 Å². The smallest absolute Gasteiger partial charge is 0.257 e. The lowest BCUT2D eigenvalue weighted by Crippen LogP contribution is -2.51. The van der Waals surface area contributed by atoms with Gasteiger partial charge in [0, 0.05) is 31.3 Å². The summed E-state index contributed by atoms with van der Waals surface area (Å²) in [7, 11) is 0. The van der Waals surface area contributed by atoms with Crippen LogP contribution in [0.2, 0.25) is 0 Å². The Morgan fingerprint density at radius 2 is 1.63 bits per heavy atom. The van der Waals surface area contributed by atoms with Gasteiger partial charge in [-0.3, -0.25) is 14.4 Å². The molecule has 0 bridgehead atoms. The summed E-state index contributed by atoms with van der Waals surface area (Å²) in [4.78, 5) is 48.2. The van der Waals surface area contributed by atoms with Gasteiger partial charge in [0.1, 0.15) is 29.2 Å². The summed E-state index contributed by atoms with van der Waals surface area (Å²) >= 11 is 0. The van der Waals surface area contributed by atoms with Crippen molar-refractivity contribution in [1.82, 2.24) is 40.1 Å². The summed E-state index contributed by atoms with van der Waals surface area (Å²) in [5.41, 5.74) is 3.13. The van der Waals surface area contributed by atoms with Crippen molar-refractivity contribution in [1.29, 1.82) is 0 Å². The van der Waals surface area contributed by atoms with Gasteiger partial charge in [0.2, 0.25) is 11.8 Å². The zero-order valence-corrected chi connectivity index (χ0v) is 29.1. The quantitative estimate of drug-likeness (QED) is 0.234. The minimum atomic E-state index is -0.749. The van der Waals surface area contributed by atoms with Crippen molar-refractivity contribution in [2.45, 2.75) is 65.1 Å². The molecule has 2 N–H and O–H groups in total. The third-order valence-corrected chi connectivity index (χ3v) is 9.31. The molecule has 3 amide bonds. The molecule has 11 nitrogen and oxygen atoms in total. The monoisotopic (exact) mass is 690 g/mol. The summed E-state index contributed by atoms with van der Waals surface area (Å²) in [6, 6.07) is 23.9. The van der Waals surface area contributed by atoms with Crippen LogP contribution in [0.25, 0.3) is 16.9 Å². The fourth-order valence-electron chi connectivity index (χ4n) is 6.36. The van der Waals surface area contributed by atoms with Crippen LogP contribution in [0.1, 0.15) is 66.7 Å². The molecule has 3 atom stereocenters. The van der Waals surface area contributed by atoms with Gasteiger partial charge < -0.3 is 15.5 Å². The van der Waals surface area contributed by atoms with Crippen molar-refractivity contribution in [3.05, 3.63) is 120 Å². The van der Waals surface area contributed by atoms with E-state index in [0.717, 1.165) is 11.3 Å². The summed E-state index contributed by atoms with van der Waals surface area (Å²) < 4.78 is 17.3. The van der Waals surface area contributed by atoms with E-state index in [1.807, 2.05) is 74.5 Å². The average molecular weight is 691 g/mol. The maximum atomic E-state index is 14.6. The molecule has 0 saturated heterocycles. The van der Waals surface area contributed by atoms with Gasteiger partial charge in [0.05, 0.1) is 23.8 Å². The molecule has 1 aliphatic heterocycles. The molecule has 0 spiro atoms. The van der Waals surface area contributed by atoms with Crippen LogP contribution in [0.15, 0.2) is 91.1 Å². The Bertz CT molecular complexity index is 1960. The molecule has 51 heavy (non-hydrogen) atoms. The fraction of sp³-hybridized carbons (Fsp3) is 0.333. The maximum absolute atomic E-state index is 14.6. The first-order valence-electron chi connectivity index (χ1n) is 17.5. The van der Waals surface area contributed by atoms with Gasteiger partial charge in [0.25, 0.3) is 5.91 Å². The Morgan fingerprint density at radius 3 is 2.33 bits per heavy atom. The maximum Gasteiger partial charge on any atom is 0.257 e. The van der Waals surface area contributed by atoms with E-state index in [-0.39, 0.29) is 43.1 Å². The first-order valence-corrected chi connectivity index (χ1v) is 17.5. The van der Waals surface area contributed by atoms with E-state index in [9.17, 15) is 18.8 Å². The zero-order valence-electron chi connectivity index (χ0n) is 29.1. The van der Waals surface area contributed by atoms with Crippen LogP contribution < -0.4 is 10.6 Å². The molecular formula is C39H43FN8O3. The van der Waals surface area contributed by atoms with Crippen LogP contribution in [-0.2, 0) is 22.6 Å². The minimum Gasteiger partial charge on any atom is -0.344 e. The molecule has 0 radical (unpaired) electrons. The van der Waals surface area contributed by atoms with Crippen LogP contribution in [0.5, 0.6) is 0 Å². The standard InChI is InChI=1S/C39H43FN8O3/c1-4-26(2)35-38(50)42-33(24-28-12-7-5-8-13-28)37-41-27(3)44-47(37)23-22-46(21-11-16-34(49)43-35)39(51)32-25-48(31-14-9-6-10-15-31)45-36(32)29-17-19-30(40)20-18-29/h5-10,12-15,17-20,25-26,33,35H,4,11,16,21-24H2,1-3H3,(H,42,50)(H,43,49)/t26-,33-,35-/m0/s1. The number of carbonyl (C=O) groups is 3. The number of halogens is 1. The van der Waals surface area contributed by atoms with Gasteiger partial charge in [-0.05, 0) is 67.6 Å². The Labute approximate surface area is 296 Å². The number of rotatable bonds is 7. The highest BCUT2D eigenvalue weighted by Gasteiger charge is 2.31. The lowest BCUT2D eigenvalue weighted by Gasteiger charge is -2.28. The number of aryl methyl sites for hydroxylation is 1. The molecule has 12 heteroatoms. The number of benzene rings is 3. The first kappa shape index (κ1) is 35.2. The number of amides is 3. The topological polar surface area (TPSA) is 127 Å². The number of fused-ring (bicyclic) bond motifs is 1. The second-order valence-electron chi connectivity index (χ2n) is 13.0. The van der Waals surface area contributed by atoms with E-state index in [1.54, 1.807) is 39.5 Å². The van der Waals surface area contributed by atoms with E-state index < -0.39 is 17.9 Å². The van der Waals surface area contributed by atoms with Gasteiger partial charge in [-0.1, -0.05) is 68.8 Å². The molecule has 3 heterocycles. The van der Waals surface area contributed by atoms with Crippen molar-refractivity contribution >= 4 is 17.7 Å². The van der Waals surface area contributed by atoms with Gasteiger partial charge in [-0.15, -0.1) is 0 Å². The van der Waals surface area contributed by atoms with Crippen molar-refractivity contribution in [3.8, 4) is 16.9 Å². The Morgan fingerprint density at radius 1 is 0.922 bits per heavy atom. The summed E-state index contributed by atoms with van der Waals surface area (Å²) in [5, 5.41) is 15.6. The minimum absolute atomic E-state index is 0.122. The van der Waals surface area contributed by atoms with Crippen LogP contribution in [0, 0.1) is 18.7 Å². The zero-order chi connectivity index (χ0) is 35.9. The highest BCUT2D eigenvalue weighted by molar-refractivity contribution is 6.00. The SMILES string of the molecule is CC[C@H](C)[C@@H]1NC(=O)CCCN(C(=O)c2cn(-c3ccccc3)nc2-c2ccc(F)cc2)CCn2nc(C)nc2[C@H](Cc2ccccc2)NC1=O. The molecule has 0 fully saturated rings. The molecule has 1 aliphatic rings. The number of hydrogen-bond acceptors (Lipinski definition) is 6. The Kier molecular flexibility index (Phi) is 11.0. The van der Waals surface area contributed by atoms with Crippen molar-refractivity contribution in [2.24, 2.45) is 5.92 Å². The highest BCUT2D eigenvalue weighted by atomic mass is 19.1. The van der Waals surface area contributed by atoms with E-state index in [2.05, 4.69) is 10.6 Å². The van der Waals surface area contributed by atoms with Crippen LogP contribution >= 0.6 is 0 Å². The summed E-state index contributed by atoms with van der Waals surface area (Å²) in [6.45, 7) is 6.54. The van der Waals surface area contributed by atoms with E-state index in [0.29, 0.717) is 54.3 Å². The Hall–Kier alpha value is -5.65. The van der Waals surface area contributed by atoms with Crippen molar-refractivity contribution in [2.75, 3.05) is 13.1 Å². The molecule has 0 unspecified atom stereocenters. The Balaban J connectivity index is 1.38. The normalized spacial score (nSPS) is 17.9. The highest BCUT2D eigenvalue weighted by Crippen LogP contribution is 2.26. The molecule has 6 rings (SSSR count).